The van der Waals surface area contributed by atoms with Crippen LogP contribution >= 0.6 is 0 Å². The zero-order valence-corrected chi connectivity index (χ0v) is 12.0. The standard InChI is InChI=1S/C13H18N2O3S/c1-15(5-6-19(2,17)18)13(16)10-3-4-11-8-14-9-12(11)7-10/h3-4,7,14H,5-6,8-9H2,1-2H3. The van der Waals surface area contributed by atoms with Crippen LogP contribution in [0.2, 0.25) is 0 Å². The molecular weight excluding hydrogens is 264 g/mol. The number of hydrogen-bond acceptors (Lipinski definition) is 4. The molecule has 1 aromatic carbocycles. The van der Waals surface area contributed by atoms with Gasteiger partial charge in [0, 0.05) is 38.5 Å². The number of carbonyl (C=O) groups is 1. The first-order valence-electron chi connectivity index (χ1n) is 6.12. The zero-order chi connectivity index (χ0) is 14.0. The van der Waals surface area contributed by atoms with Crippen molar-refractivity contribution in [2.24, 2.45) is 0 Å². The minimum atomic E-state index is -3.05. The molecule has 6 heteroatoms. The molecule has 0 radical (unpaired) electrons. The van der Waals surface area contributed by atoms with E-state index >= 15 is 0 Å². The van der Waals surface area contributed by atoms with Gasteiger partial charge in [0.1, 0.15) is 9.84 Å². The van der Waals surface area contributed by atoms with Gasteiger partial charge in [-0.2, -0.15) is 0 Å². The van der Waals surface area contributed by atoms with Crippen LogP contribution in [0.4, 0.5) is 0 Å². The topological polar surface area (TPSA) is 66.5 Å². The highest BCUT2D eigenvalue weighted by atomic mass is 32.2. The maximum atomic E-state index is 12.2. The van der Waals surface area contributed by atoms with Crippen LogP contribution in [0.15, 0.2) is 18.2 Å². The van der Waals surface area contributed by atoms with Gasteiger partial charge < -0.3 is 10.2 Å². The lowest BCUT2D eigenvalue weighted by molar-refractivity contribution is 0.0803. The second kappa shape index (κ2) is 5.30. The number of hydrogen-bond donors (Lipinski definition) is 1. The highest BCUT2D eigenvalue weighted by molar-refractivity contribution is 7.90. The largest absolute Gasteiger partial charge is 0.341 e. The van der Waals surface area contributed by atoms with E-state index in [9.17, 15) is 13.2 Å². The van der Waals surface area contributed by atoms with Gasteiger partial charge in [0.05, 0.1) is 5.75 Å². The molecule has 1 heterocycles. The van der Waals surface area contributed by atoms with Gasteiger partial charge in [0.15, 0.2) is 0 Å². The van der Waals surface area contributed by atoms with Gasteiger partial charge in [0.2, 0.25) is 0 Å². The summed E-state index contributed by atoms with van der Waals surface area (Å²) in [6.07, 6.45) is 1.17. The molecule has 0 bridgehead atoms. The molecule has 0 aromatic heterocycles. The third kappa shape index (κ3) is 3.54. The van der Waals surface area contributed by atoms with Crippen molar-refractivity contribution < 1.29 is 13.2 Å². The Morgan fingerprint density at radius 2 is 2.00 bits per heavy atom. The van der Waals surface area contributed by atoms with E-state index in [-0.39, 0.29) is 18.2 Å². The summed E-state index contributed by atoms with van der Waals surface area (Å²) in [5.41, 5.74) is 2.97. The third-order valence-corrected chi connectivity index (χ3v) is 4.15. The Labute approximate surface area is 113 Å². The minimum absolute atomic E-state index is 0.0122. The number of nitrogens with zero attached hydrogens (tertiary/aromatic N) is 1. The van der Waals surface area contributed by atoms with E-state index in [1.54, 1.807) is 13.1 Å². The molecule has 104 valence electrons. The molecular formula is C13H18N2O3S. The van der Waals surface area contributed by atoms with Crippen LogP contribution < -0.4 is 5.32 Å². The zero-order valence-electron chi connectivity index (χ0n) is 11.1. The van der Waals surface area contributed by atoms with Crippen LogP contribution in [0.1, 0.15) is 21.5 Å². The predicted molar refractivity (Wildman–Crippen MR) is 73.7 cm³/mol. The van der Waals surface area contributed by atoms with E-state index in [4.69, 9.17) is 0 Å². The monoisotopic (exact) mass is 282 g/mol. The molecule has 19 heavy (non-hydrogen) atoms. The fraction of sp³-hybridized carbons (Fsp3) is 0.462. The van der Waals surface area contributed by atoms with E-state index in [0.717, 1.165) is 18.7 Å². The summed E-state index contributed by atoms with van der Waals surface area (Å²) in [5, 5.41) is 3.22. The number of sulfone groups is 1. The maximum absolute atomic E-state index is 12.2. The third-order valence-electron chi connectivity index (χ3n) is 3.23. The van der Waals surface area contributed by atoms with Crippen LogP contribution in [0.3, 0.4) is 0 Å². The van der Waals surface area contributed by atoms with Crippen molar-refractivity contribution in [3.63, 3.8) is 0 Å². The number of nitrogens with one attached hydrogen (secondary N) is 1. The van der Waals surface area contributed by atoms with Crippen LogP contribution in [0.5, 0.6) is 0 Å². The van der Waals surface area contributed by atoms with Crippen molar-refractivity contribution in [2.45, 2.75) is 13.1 Å². The van der Waals surface area contributed by atoms with Crippen LogP contribution in [-0.4, -0.2) is 44.8 Å². The lowest BCUT2D eigenvalue weighted by Gasteiger charge is -2.17. The van der Waals surface area contributed by atoms with E-state index in [2.05, 4.69) is 5.32 Å². The van der Waals surface area contributed by atoms with Crippen molar-refractivity contribution in [3.05, 3.63) is 34.9 Å². The first kappa shape index (κ1) is 14.0. The molecule has 0 unspecified atom stereocenters. The summed E-state index contributed by atoms with van der Waals surface area (Å²) in [6.45, 7) is 1.84. The second-order valence-corrected chi connectivity index (χ2v) is 7.20. The fourth-order valence-corrected chi connectivity index (χ4v) is 2.66. The average molecular weight is 282 g/mol. The number of fused-ring (bicyclic) bond motifs is 1. The van der Waals surface area contributed by atoms with Crippen molar-refractivity contribution in [1.29, 1.82) is 0 Å². The molecule has 2 rings (SSSR count). The summed E-state index contributed by atoms with van der Waals surface area (Å²) in [5.74, 6) is -0.153. The molecule has 0 aliphatic carbocycles. The van der Waals surface area contributed by atoms with Crippen LogP contribution in [0, 0.1) is 0 Å². The Morgan fingerprint density at radius 1 is 1.32 bits per heavy atom. The minimum Gasteiger partial charge on any atom is -0.341 e. The van der Waals surface area contributed by atoms with Gasteiger partial charge in [-0.15, -0.1) is 0 Å². The van der Waals surface area contributed by atoms with E-state index < -0.39 is 9.84 Å². The quantitative estimate of drug-likeness (QED) is 0.868. The molecule has 1 aromatic rings. The molecule has 0 saturated carbocycles. The smallest absolute Gasteiger partial charge is 0.253 e. The Kier molecular flexibility index (Phi) is 3.91. The van der Waals surface area contributed by atoms with E-state index in [1.807, 2.05) is 12.1 Å². The molecule has 0 atom stereocenters. The summed E-state index contributed by atoms with van der Waals surface area (Å²) in [4.78, 5) is 13.6. The normalized spacial score (nSPS) is 14.2. The van der Waals surface area contributed by atoms with Gasteiger partial charge in [-0.1, -0.05) is 6.07 Å². The van der Waals surface area contributed by atoms with Crippen LogP contribution in [0.25, 0.3) is 0 Å². The van der Waals surface area contributed by atoms with E-state index in [0.29, 0.717) is 5.56 Å². The lowest BCUT2D eigenvalue weighted by Crippen LogP contribution is -2.31. The Balaban J connectivity index is 2.07. The van der Waals surface area contributed by atoms with Crippen molar-refractivity contribution in [1.82, 2.24) is 10.2 Å². The number of rotatable bonds is 4. The Hall–Kier alpha value is -1.40. The molecule has 1 aliphatic heterocycles. The molecule has 0 saturated heterocycles. The van der Waals surface area contributed by atoms with Crippen molar-refractivity contribution in [2.75, 3.05) is 25.6 Å². The molecule has 1 N–H and O–H groups in total. The summed E-state index contributed by atoms with van der Waals surface area (Å²) < 4.78 is 22.2. The van der Waals surface area contributed by atoms with Gasteiger partial charge in [0.25, 0.3) is 5.91 Å². The first-order valence-corrected chi connectivity index (χ1v) is 8.18. The van der Waals surface area contributed by atoms with Gasteiger partial charge in [-0.3, -0.25) is 4.79 Å². The Bertz CT molecular complexity index is 596. The molecule has 0 spiro atoms. The fourth-order valence-electron chi connectivity index (χ4n) is 2.05. The molecule has 1 aliphatic rings. The molecule has 1 amide bonds. The predicted octanol–water partition coefficient (Wildman–Crippen LogP) is 0.406. The van der Waals surface area contributed by atoms with Gasteiger partial charge in [-0.25, -0.2) is 8.42 Å². The average Bonchev–Trinajstić information content (AvgIpc) is 2.81. The van der Waals surface area contributed by atoms with Crippen LogP contribution in [-0.2, 0) is 22.9 Å². The second-order valence-electron chi connectivity index (χ2n) is 4.94. The summed E-state index contributed by atoms with van der Waals surface area (Å²) in [7, 11) is -1.42. The maximum Gasteiger partial charge on any atom is 0.253 e. The number of carbonyl (C=O) groups excluding carboxylic acids is 1. The number of benzene rings is 1. The van der Waals surface area contributed by atoms with E-state index in [1.165, 1.54) is 16.7 Å². The number of amides is 1. The summed E-state index contributed by atoms with van der Waals surface area (Å²) in [6, 6.07) is 5.63. The first-order chi connectivity index (χ1) is 8.87. The molecule has 0 fully saturated rings. The summed E-state index contributed by atoms with van der Waals surface area (Å²) >= 11 is 0. The highest BCUT2D eigenvalue weighted by Crippen LogP contribution is 2.17. The molecule has 5 nitrogen and oxygen atoms in total. The van der Waals surface area contributed by atoms with Crippen molar-refractivity contribution in [3.8, 4) is 0 Å². The lowest BCUT2D eigenvalue weighted by atomic mass is 10.1. The van der Waals surface area contributed by atoms with Crippen molar-refractivity contribution >= 4 is 15.7 Å². The SMILES string of the molecule is CN(CCS(C)(=O)=O)C(=O)c1ccc2c(c1)CNC2. The van der Waals surface area contributed by atoms with Gasteiger partial charge in [-0.05, 0) is 23.3 Å². The van der Waals surface area contributed by atoms with Gasteiger partial charge >= 0.3 is 0 Å². The Morgan fingerprint density at radius 3 is 2.68 bits per heavy atom. The highest BCUT2D eigenvalue weighted by Gasteiger charge is 2.17.